The lowest BCUT2D eigenvalue weighted by Gasteiger charge is -2.14. The molecule has 0 aliphatic heterocycles. The van der Waals surface area contributed by atoms with Crippen LogP contribution in [0.4, 0.5) is 0 Å². The molecule has 0 aliphatic rings. The van der Waals surface area contributed by atoms with Crippen molar-refractivity contribution in [3.63, 3.8) is 0 Å². The van der Waals surface area contributed by atoms with Gasteiger partial charge in [-0.15, -0.1) is 0 Å². The number of unbranched alkanes of at least 4 members (excludes halogenated alkanes) is 7. The molecule has 30 heavy (non-hydrogen) atoms. The molecule has 0 rings (SSSR count). The predicted octanol–water partition coefficient (Wildman–Crippen LogP) is 6.33. The smallest absolute Gasteiger partial charge is 0.305 e. The zero-order valence-electron chi connectivity index (χ0n) is 20.3. The molecule has 0 aromatic carbocycles. The van der Waals surface area contributed by atoms with Crippen molar-refractivity contribution in [2.75, 3.05) is 46.2 Å². The molecule has 0 N–H and O–H groups in total. The van der Waals surface area contributed by atoms with E-state index in [1.54, 1.807) is 0 Å². The Morgan fingerprint density at radius 1 is 0.633 bits per heavy atom. The van der Waals surface area contributed by atoms with Gasteiger partial charge in [0.05, 0.1) is 33.0 Å². The lowest BCUT2D eigenvalue weighted by molar-refractivity contribution is -0.144. The van der Waals surface area contributed by atoms with Crippen molar-refractivity contribution < 1.29 is 23.7 Å². The van der Waals surface area contributed by atoms with Crippen LogP contribution >= 0.6 is 0 Å². The van der Waals surface area contributed by atoms with E-state index in [2.05, 4.69) is 20.8 Å². The highest BCUT2D eigenvalue weighted by atomic mass is 16.5. The summed E-state index contributed by atoms with van der Waals surface area (Å²) in [6, 6.07) is 0. The second-order valence-corrected chi connectivity index (χ2v) is 8.16. The van der Waals surface area contributed by atoms with Crippen molar-refractivity contribution in [2.24, 2.45) is 5.92 Å². The summed E-state index contributed by atoms with van der Waals surface area (Å²) in [5.74, 6) is 0.567. The number of hydrogen-bond donors (Lipinski definition) is 0. The number of hydrogen-bond acceptors (Lipinski definition) is 5. The lowest BCUT2D eigenvalue weighted by atomic mass is 10.0. The number of carbonyl (C=O) groups excluding carboxylic acids is 1. The second-order valence-electron chi connectivity index (χ2n) is 8.16. The maximum atomic E-state index is 11.7. The highest BCUT2D eigenvalue weighted by Crippen LogP contribution is 2.12. The molecule has 0 heterocycles. The third-order valence-corrected chi connectivity index (χ3v) is 5.32. The molecular weight excluding hydrogens is 380 g/mol. The Labute approximate surface area is 186 Å². The van der Waals surface area contributed by atoms with Crippen molar-refractivity contribution in [3.8, 4) is 0 Å². The van der Waals surface area contributed by atoms with Crippen LogP contribution in [0.5, 0.6) is 0 Å². The normalized spacial score (nSPS) is 12.2. The zero-order chi connectivity index (χ0) is 22.1. The Morgan fingerprint density at radius 2 is 1.23 bits per heavy atom. The summed E-state index contributed by atoms with van der Waals surface area (Å²) in [5, 5.41) is 0. The molecule has 1 unspecified atom stereocenters. The monoisotopic (exact) mass is 430 g/mol. The topological polar surface area (TPSA) is 54.0 Å². The van der Waals surface area contributed by atoms with Crippen molar-refractivity contribution in [3.05, 3.63) is 0 Å². The maximum Gasteiger partial charge on any atom is 0.305 e. The van der Waals surface area contributed by atoms with Crippen molar-refractivity contribution >= 4 is 5.97 Å². The Balaban J connectivity index is 3.25. The summed E-state index contributed by atoms with van der Waals surface area (Å²) < 4.78 is 22.0. The number of esters is 1. The summed E-state index contributed by atoms with van der Waals surface area (Å²) in [7, 11) is 0. The molecule has 1 atom stereocenters. The molecule has 5 heteroatoms. The van der Waals surface area contributed by atoms with Gasteiger partial charge in [0.25, 0.3) is 0 Å². The zero-order valence-corrected chi connectivity index (χ0v) is 20.3. The highest BCUT2D eigenvalue weighted by molar-refractivity contribution is 5.69. The van der Waals surface area contributed by atoms with E-state index in [0.29, 0.717) is 58.4 Å². The van der Waals surface area contributed by atoms with Crippen LogP contribution in [0.15, 0.2) is 0 Å². The first-order valence-corrected chi connectivity index (χ1v) is 12.6. The van der Waals surface area contributed by atoms with Crippen LogP contribution in [0.3, 0.4) is 0 Å². The Hall–Kier alpha value is -0.650. The standard InChI is InChI=1S/C25H50O5/c1-4-7-9-10-11-12-13-18-30-25(26)16-14-17-27-19-20-28-21-22-29-23-24(6-3)15-8-5-2/h24H,4-23H2,1-3H3. The first kappa shape index (κ1) is 29.4. The molecule has 0 radical (unpaired) electrons. The molecule has 0 amide bonds. The summed E-state index contributed by atoms with van der Waals surface area (Å²) in [4.78, 5) is 11.7. The van der Waals surface area contributed by atoms with E-state index < -0.39 is 0 Å². The van der Waals surface area contributed by atoms with Gasteiger partial charge in [-0.25, -0.2) is 0 Å². The van der Waals surface area contributed by atoms with Crippen LogP contribution < -0.4 is 0 Å². The molecule has 180 valence electrons. The third-order valence-electron chi connectivity index (χ3n) is 5.32. The molecule has 0 saturated heterocycles. The average Bonchev–Trinajstić information content (AvgIpc) is 2.75. The van der Waals surface area contributed by atoms with E-state index in [1.807, 2.05) is 0 Å². The van der Waals surface area contributed by atoms with Crippen molar-refractivity contribution in [2.45, 2.75) is 104 Å². The molecule has 0 fully saturated rings. The number of carbonyl (C=O) groups is 1. The van der Waals surface area contributed by atoms with Crippen LogP contribution in [0.25, 0.3) is 0 Å². The fourth-order valence-corrected chi connectivity index (χ4v) is 3.22. The third kappa shape index (κ3) is 22.0. The van der Waals surface area contributed by atoms with Gasteiger partial charge < -0.3 is 18.9 Å². The van der Waals surface area contributed by atoms with Crippen LogP contribution in [0, 0.1) is 5.92 Å². The molecule has 0 aromatic rings. The van der Waals surface area contributed by atoms with Crippen molar-refractivity contribution in [1.29, 1.82) is 0 Å². The summed E-state index contributed by atoms with van der Waals surface area (Å²) in [6.45, 7) is 11.0. The van der Waals surface area contributed by atoms with E-state index in [1.165, 1.54) is 57.8 Å². The van der Waals surface area contributed by atoms with E-state index in [4.69, 9.17) is 18.9 Å². The van der Waals surface area contributed by atoms with Crippen LogP contribution in [0.2, 0.25) is 0 Å². The van der Waals surface area contributed by atoms with E-state index in [9.17, 15) is 4.79 Å². The lowest BCUT2D eigenvalue weighted by Crippen LogP contribution is -2.14. The van der Waals surface area contributed by atoms with Crippen LogP contribution in [-0.2, 0) is 23.7 Å². The number of rotatable bonds is 24. The predicted molar refractivity (Wildman–Crippen MR) is 124 cm³/mol. The summed E-state index contributed by atoms with van der Waals surface area (Å²) in [6.07, 6.45) is 14.7. The molecule has 0 spiro atoms. The molecule has 0 saturated carbocycles. The molecular formula is C25H50O5. The van der Waals surface area contributed by atoms with E-state index in [0.717, 1.165) is 19.4 Å². The van der Waals surface area contributed by atoms with Gasteiger partial charge in [0.2, 0.25) is 0 Å². The number of ether oxygens (including phenoxy) is 4. The fourth-order valence-electron chi connectivity index (χ4n) is 3.22. The van der Waals surface area contributed by atoms with Gasteiger partial charge in [0, 0.05) is 19.6 Å². The van der Waals surface area contributed by atoms with Crippen molar-refractivity contribution in [1.82, 2.24) is 0 Å². The van der Waals surface area contributed by atoms with E-state index >= 15 is 0 Å². The summed E-state index contributed by atoms with van der Waals surface area (Å²) >= 11 is 0. The quantitative estimate of drug-likeness (QED) is 0.132. The van der Waals surface area contributed by atoms with Crippen LogP contribution in [0.1, 0.15) is 104 Å². The van der Waals surface area contributed by atoms with E-state index in [-0.39, 0.29) is 5.97 Å². The largest absolute Gasteiger partial charge is 0.466 e. The van der Waals surface area contributed by atoms with Gasteiger partial charge in [-0.1, -0.05) is 78.6 Å². The molecule has 0 aliphatic carbocycles. The minimum atomic E-state index is -0.109. The summed E-state index contributed by atoms with van der Waals surface area (Å²) in [5.41, 5.74) is 0. The molecule has 5 nitrogen and oxygen atoms in total. The van der Waals surface area contributed by atoms with Gasteiger partial charge in [-0.3, -0.25) is 4.79 Å². The minimum Gasteiger partial charge on any atom is -0.466 e. The van der Waals surface area contributed by atoms with Gasteiger partial charge in [0.15, 0.2) is 0 Å². The highest BCUT2D eigenvalue weighted by Gasteiger charge is 2.05. The second kappa shape index (κ2) is 24.6. The average molecular weight is 431 g/mol. The fraction of sp³-hybridized carbons (Fsp3) is 0.960. The Bertz CT molecular complexity index is 348. The van der Waals surface area contributed by atoms with Gasteiger partial charge >= 0.3 is 5.97 Å². The minimum absolute atomic E-state index is 0.109. The first-order chi connectivity index (χ1) is 14.7. The Morgan fingerprint density at radius 3 is 1.90 bits per heavy atom. The molecule has 0 aromatic heterocycles. The van der Waals surface area contributed by atoms with Gasteiger partial charge in [0.1, 0.15) is 0 Å². The van der Waals surface area contributed by atoms with Gasteiger partial charge in [-0.05, 0) is 25.2 Å². The Kier molecular flexibility index (Phi) is 24.1. The van der Waals surface area contributed by atoms with Gasteiger partial charge in [-0.2, -0.15) is 0 Å². The SMILES string of the molecule is CCCCCCCCCOC(=O)CCCOCCOCCOCC(CC)CCCC. The first-order valence-electron chi connectivity index (χ1n) is 12.6. The van der Waals surface area contributed by atoms with Crippen LogP contribution in [-0.4, -0.2) is 52.2 Å². The molecule has 0 bridgehead atoms. The maximum absolute atomic E-state index is 11.7.